The molecule has 30 heavy (non-hydrogen) atoms. The Morgan fingerprint density at radius 3 is 2.63 bits per heavy atom. The van der Waals surface area contributed by atoms with Gasteiger partial charge >= 0.3 is 0 Å². The van der Waals surface area contributed by atoms with E-state index in [1.165, 1.54) is 0 Å². The molecule has 0 saturated heterocycles. The molecule has 5 nitrogen and oxygen atoms in total. The van der Waals surface area contributed by atoms with Gasteiger partial charge in [-0.3, -0.25) is 9.98 Å². The molecule has 154 valence electrons. The van der Waals surface area contributed by atoms with Crippen LogP contribution in [0.1, 0.15) is 48.5 Å². The number of pyridine rings is 1. The monoisotopic (exact) mass is 407 g/mol. The lowest BCUT2D eigenvalue weighted by molar-refractivity contribution is 0.0999. The van der Waals surface area contributed by atoms with E-state index in [0.29, 0.717) is 35.1 Å². The fraction of sp³-hybridized carbons (Fsp3) is 0.391. The molecule has 7 heteroatoms. The van der Waals surface area contributed by atoms with Crippen LogP contribution in [0.2, 0.25) is 0 Å². The summed E-state index contributed by atoms with van der Waals surface area (Å²) in [5.74, 6) is 0.754. The molecule has 3 aromatic rings. The molecule has 0 radical (unpaired) electrons. The van der Waals surface area contributed by atoms with Crippen LogP contribution in [0.15, 0.2) is 35.5 Å². The standard InChI is InChI=1S/C23H23F2N5/c1-13-16(7-6-8-18(13)26-4)14(2)28-21-17-11-20(23(9-10-23)22(24)25)27-12-19(17)30(5)15(3)29-21/h6-8,11-12,14,22H,9-10H2,1-3,5H3/t14-/m1/s1. The highest BCUT2D eigenvalue weighted by Crippen LogP contribution is 2.52. The molecule has 1 aliphatic rings. The van der Waals surface area contributed by atoms with Gasteiger partial charge in [0.05, 0.1) is 35.4 Å². The Kier molecular flexibility index (Phi) is 4.89. The highest BCUT2D eigenvalue weighted by Gasteiger charge is 2.53. The summed E-state index contributed by atoms with van der Waals surface area (Å²) in [6, 6.07) is 7.09. The van der Waals surface area contributed by atoms with Gasteiger partial charge in [0.1, 0.15) is 5.82 Å². The molecule has 0 bridgehead atoms. The summed E-state index contributed by atoms with van der Waals surface area (Å²) in [4.78, 5) is 17.4. The summed E-state index contributed by atoms with van der Waals surface area (Å²) in [7, 11) is 1.88. The highest BCUT2D eigenvalue weighted by molar-refractivity contribution is 5.78. The predicted octanol–water partition coefficient (Wildman–Crippen LogP) is 5.09. The molecule has 0 spiro atoms. The third-order valence-electron chi connectivity index (χ3n) is 6.19. The van der Waals surface area contributed by atoms with Crippen molar-refractivity contribution in [2.75, 3.05) is 0 Å². The van der Waals surface area contributed by atoms with Crippen LogP contribution in [0, 0.1) is 20.4 Å². The number of benzene rings is 1. The summed E-state index contributed by atoms with van der Waals surface area (Å²) in [6.07, 6.45) is 0.101. The van der Waals surface area contributed by atoms with Crippen LogP contribution in [0.3, 0.4) is 0 Å². The lowest BCUT2D eigenvalue weighted by atomic mass is 10.0. The number of alkyl halides is 2. The van der Waals surface area contributed by atoms with E-state index in [2.05, 4.69) is 14.8 Å². The van der Waals surface area contributed by atoms with Gasteiger partial charge in [0.25, 0.3) is 0 Å². The van der Waals surface area contributed by atoms with Crippen LogP contribution in [0.5, 0.6) is 0 Å². The first-order valence-electron chi connectivity index (χ1n) is 9.91. The van der Waals surface area contributed by atoms with Gasteiger partial charge in [-0.15, -0.1) is 0 Å². The predicted molar refractivity (Wildman–Crippen MR) is 112 cm³/mol. The summed E-state index contributed by atoms with van der Waals surface area (Å²) < 4.78 is 29.2. The number of fused-ring (bicyclic) bond motifs is 1. The molecule has 4 rings (SSSR count). The minimum Gasteiger partial charge on any atom is -0.331 e. The van der Waals surface area contributed by atoms with E-state index in [1.54, 1.807) is 18.3 Å². The Labute approximate surface area is 174 Å². The molecule has 0 N–H and O–H groups in total. The molecule has 1 atom stereocenters. The van der Waals surface area contributed by atoms with E-state index in [-0.39, 0.29) is 6.04 Å². The van der Waals surface area contributed by atoms with Crippen LogP contribution < -0.4 is 5.49 Å². The van der Waals surface area contributed by atoms with E-state index in [4.69, 9.17) is 11.6 Å². The second-order valence-corrected chi connectivity index (χ2v) is 7.99. The quantitative estimate of drug-likeness (QED) is 0.565. The van der Waals surface area contributed by atoms with Crippen molar-refractivity contribution < 1.29 is 8.78 Å². The smallest absolute Gasteiger partial charge is 0.249 e. The fourth-order valence-electron chi connectivity index (χ4n) is 3.92. The number of aromatic nitrogens is 3. The maximum absolute atomic E-state index is 13.6. The van der Waals surface area contributed by atoms with Gasteiger partial charge in [-0.25, -0.2) is 18.6 Å². The van der Waals surface area contributed by atoms with Crippen molar-refractivity contribution in [1.82, 2.24) is 14.5 Å². The number of rotatable bonds is 4. The summed E-state index contributed by atoms with van der Waals surface area (Å²) >= 11 is 0. The molecule has 0 aliphatic heterocycles. The van der Waals surface area contributed by atoms with Gasteiger partial charge < -0.3 is 4.57 Å². The Hall–Kier alpha value is -3.14. The largest absolute Gasteiger partial charge is 0.331 e. The Morgan fingerprint density at radius 2 is 2.00 bits per heavy atom. The van der Waals surface area contributed by atoms with E-state index >= 15 is 0 Å². The van der Waals surface area contributed by atoms with Crippen molar-refractivity contribution in [3.8, 4) is 0 Å². The summed E-state index contributed by atoms with van der Waals surface area (Å²) in [5.41, 5.74) is 3.02. The summed E-state index contributed by atoms with van der Waals surface area (Å²) in [6.45, 7) is 13.1. The Morgan fingerprint density at radius 1 is 1.27 bits per heavy atom. The van der Waals surface area contributed by atoms with E-state index in [1.807, 2.05) is 44.5 Å². The molecule has 2 heterocycles. The van der Waals surface area contributed by atoms with Crippen LogP contribution in [0.4, 0.5) is 14.5 Å². The minimum atomic E-state index is -2.44. The van der Waals surface area contributed by atoms with Gasteiger partial charge in [-0.2, -0.15) is 0 Å². The molecule has 1 aromatic carbocycles. The average molecular weight is 407 g/mol. The second-order valence-electron chi connectivity index (χ2n) is 7.99. The van der Waals surface area contributed by atoms with Crippen molar-refractivity contribution in [3.63, 3.8) is 0 Å². The molecule has 2 aromatic heterocycles. The summed E-state index contributed by atoms with van der Waals surface area (Å²) in [5, 5.41) is 0.714. The van der Waals surface area contributed by atoms with E-state index in [9.17, 15) is 8.78 Å². The molecule has 1 fully saturated rings. The minimum absolute atomic E-state index is 0.240. The zero-order chi connectivity index (χ0) is 21.6. The van der Waals surface area contributed by atoms with Crippen molar-refractivity contribution in [1.29, 1.82) is 0 Å². The number of aryl methyl sites for hydroxylation is 2. The van der Waals surface area contributed by atoms with E-state index < -0.39 is 11.8 Å². The zero-order valence-electron chi connectivity index (χ0n) is 17.4. The van der Waals surface area contributed by atoms with Crippen LogP contribution in [0.25, 0.3) is 15.7 Å². The first-order chi connectivity index (χ1) is 14.3. The maximum atomic E-state index is 13.6. The first kappa shape index (κ1) is 20.1. The molecular formula is C23H23F2N5. The number of nitrogens with zero attached hydrogens (tertiary/aromatic N) is 5. The average Bonchev–Trinajstić information content (AvgIpc) is 3.54. The third kappa shape index (κ3) is 3.17. The zero-order valence-corrected chi connectivity index (χ0v) is 17.4. The van der Waals surface area contributed by atoms with Gasteiger partial charge in [0.15, 0.2) is 11.2 Å². The Balaban J connectivity index is 1.92. The van der Waals surface area contributed by atoms with E-state index in [0.717, 1.165) is 22.5 Å². The maximum Gasteiger partial charge on any atom is 0.249 e. The molecule has 0 unspecified atom stereocenters. The Bertz CT molecular complexity index is 1250. The fourth-order valence-corrected chi connectivity index (χ4v) is 3.92. The van der Waals surface area contributed by atoms with Gasteiger partial charge in [-0.05, 0) is 50.8 Å². The van der Waals surface area contributed by atoms with Gasteiger partial charge in [0.2, 0.25) is 6.43 Å². The van der Waals surface area contributed by atoms with Gasteiger partial charge in [-0.1, -0.05) is 18.2 Å². The SMILES string of the molecule is [C-]#[N+]c1cccc([C@@H](C)N=c2nc(C)n(C)c3cnc(C4(C(F)F)CC4)cc23)c1C. The van der Waals surface area contributed by atoms with Crippen molar-refractivity contribution in [2.24, 2.45) is 12.0 Å². The topological polar surface area (TPSA) is 47.4 Å². The lowest BCUT2D eigenvalue weighted by Crippen LogP contribution is -2.22. The van der Waals surface area contributed by atoms with Gasteiger partial charge in [0, 0.05) is 12.4 Å². The van der Waals surface area contributed by atoms with Crippen LogP contribution >= 0.6 is 0 Å². The van der Waals surface area contributed by atoms with Crippen molar-refractivity contribution in [3.05, 3.63) is 70.0 Å². The molecular weight excluding hydrogens is 384 g/mol. The first-order valence-corrected chi connectivity index (χ1v) is 9.91. The van der Waals surface area contributed by atoms with Crippen LogP contribution in [-0.2, 0) is 12.5 Å². The van der Waals surface area contributed by atoms with Crippen molar-refractivity contribution >= 4 is 16.6 Å². The molecule has 1 saturated carbocycles. The highest BCUT2D eigenvalue weighted by atomic mass is 19.3. The third-order valence-corrected chi connectivity index (χ3v) is 6.19. The van der Waals surface area contributed by atoms with Crippen molar-refractivity contribution in [2.45, 2.75) is 51.5 Å². The number of hydrogen-bond acceptors (Lipinski definition) is 3. The molecule has 1 aliphatic carbocycles. The van der Waals surface area contributed by atoms with Crippen LogP contribution in [-0.4, -0.2) is 21.0 Å². The number of hydrogen-bond donors (Lipinski definition) is 0. The molecule has 0 amide bonds. The second kappa shape index (κ2) is 7.28. The number of halogens is 2. The normalized spacial score (nSPS) is 16.7. The lowest BCUT2D eigenvalue weighted by Gasteiger charge is -2.16.